The average molecular weight is 437 g/mol. The van der Waals surface area contributed by atoms with Gasteiger partial charge in [0.25, 0.3) is 0 Å². The lowest BCUT2D eigenvalue weighted by molar-refractivity contribution is 0.556. The molecule has 3 heterocycles. The molecule has 1 N–H and O–H groups in total. The minimum atomic E-state index is 0.511. The Kier molecular flexibility index (Phi) is 7.74. The molecular weight excluding hydrogens is 400 g/mol. The molecular formula is C24H36N8. The van der Waals surface area contributed by atoms with Gasteiger partial charge in [0.1, 0.15) is 0 Å². The Morgan fingerprint density at radius 1 is 0.812 bits per heavy atom. The van der Waals surface area contributed by atoms with E-state index in [0.717, 1.165) is 56.7 Å². The number of nitrogens with one attached hydrogen (secondary N) is 1. The van der Waals surface area contributed by atoms with Gasteiger partial charge < -0.3 is 14.7 Å². The summed E-state index contributed by atoms with van der Waals surface area (Å²) in [6, 6.07) is 8.45. The van der Waals surface area contributed by atoms with Crippen molar-refractivity contribution >= 4 is 29.7 Å². The van der Waals surface area contributed by atoms with Crippen molar-refractivity contribution in [3.8, 4) is 0 Å². The molecule has 172 valence electrons. The first-order valence-corrected chi connectivity index (χ1v) is 12.2. The Morgan fingerprint density at radius 3 is 1.84 bits per heavy atom. The molecule has 2 aromatic rings. The molecule has 2 aliphatic heterocycles. The van der Waals surface area contributed by atoms with Crippen LogP contribution < -0.4 is 20.1 Å². The predicted molar refractivity (Wildman–Crippen MR) is 133 cm³/mol. The van der Waals surface area contributed by atoms with E-state index in [9.17, 15) is 0 Å². The van der Waals surface area contributed by atoms with Crippen LogP contribution in [0.25, 0.3) is 0 Å². The van der Waals surface area contributed by atoms with E-state index in [1.165, 1.54) is 44.2 Å². The quantitative estimate of drug-likeness (QED) is 0.492. The second-order valence-corrected chi connectivity index (χ2v) is 8.49. The highest BCUT2D eigenvalue weighted by molar-refractivity contribution is 5.80. The smallest absolute Gasteiger partial charge is 0.250 e. The summed E-state index contributed by atoms with van der Waals surface area (Å²) in [5, 5.41) is 4.42. The molecule has 2 fully saturated rings. The summed E-state index contributed by atoms with van der Waals surface area (Å²) in [5.74, 6) is 2.04. The van der Waals surface area contributed by atoms with E-state index in [2.05, 4.69) is 73.3 Å². The van der Waals surface area contributed by atoms with Crippen LogP contribution in [0.3, 0.4) is 0 Å². The van der Waals surface area contributed by atoms with E-state index >= 15 is 0 Å². The third-order valence-corrected chi connectivity index (χ3v) is 6.29. The fraction of sp³-hybridized carbons (Fsp3) is 0.583. The summed E-state index contributed by atoms with van der Waals surface area (Å²) < 4.78 is 0. The Labute approximate surface area is 191 Å². The van der Waals surface area contributed by atoms with E-state index in [0.29, 0.717) is 5.95 Å². The number of anilines is 4. The van der Waals surface area contributed by atoms with Gasteiger partial charge in [-0.2, -0.15) is 20.1 Å². The molecule has 8 nitrogen and oxygen atoms in total. The van der Waals surface area contributed by atoms with Crippen molar-refractivity contribution in [3.63, 3.8) is 0 Å². The summed E-state index contributed by atoms with van der Waals surface area (Å²) in [4.78, 5) is 21.1. The van der Waals surface area contributed by atoms with Crippen molar-refractivity contribution < 1.29 is 0 Å². The Bertz CT molecular complexity index is 830. The van der Waals surface area contributed by atoms with Crippen LogP contribution in [0.4, 0.5) is 23.5 Å². The van der Waals surface area contributed by atoms with Gasteiger partial charge in [0.15, 0.2) is 0 Å². The molecule has 1 aromatic carbocycles. The monoisotopic (exact) mass is 436 g/mol. The first-order valence-electron chi connectivity index (χ1n) is 12.2. The van der Waals surface area contributed by atoms with Crippen LogP contribution in [0.15, 0.2) is 29.4 Å². The van der Waals surface area contributed by atoms with E-state index < -0.39 is 0 Å². The molecule has 0 spiro atoms. The first kappa shape index (κ1) is 22.3. The number of nitrogens with zero attached hydrogens (tertiary/aromatic N) is 7. The van der Waals surface area contributed by atoms with Gasteiger partial charge >= 0.3 is 0 Å². The first-order chi connectivity index (χ1) is 15.8. The highest BCUT2D eigenvalue weighted by Crippen LogP contribution is 2.22. The predicted octanol–water partition coefficient (Wildman–Crippen LogP) is 4.14. The van der Waals surface area contributed by atoms with E-state index in [1.807, 2.05) is 6.21 Å². The zero-order chi connectivity index (χ0) is 22.2. The van der Waals surface area contributed by atoms with Crippen molar-refractivity contribution in [2.45, 2.75) is 52.4 Å². The van der Waals surface area contributed by atoms with Crippen LogP contribution >= 0.6 is 0 Å². The molecule has 0 radical (unpaired) electrons. The van der Waals surface area contributed by atoms with Crippen molar-refractivity contribution in [2.75, 3.05) is 59.4 Å². The van der Waals surface area contributed by atoms with Crippen molar-refractivity contribution in [1.82, 2.24) is 15.0 Å². The molecule has 4 rings (SSSR count). The molecule has 0 unspecified atom stereocenters. The molecule has 0 bridgehead atoms. The molecule has 0 amide bonds. The molecule has 0 aliphatic carbocycles. The molecule has 0 saturated carbocycles. The molecule has 0 atom stereocenters. The fourth-order valence-electron chi connectivity index (χ4n) is 4.40. The maximum absolute atomic E-state index is 4.82. The normalized spacial score (nSPS) is 17.1. The Hall–Kier alpha value is -2.90. The second-order valence-electron chi connectivity index (χ2n) is 8.49. The lowest BCUT2D eigenvalue weighted by Crippen LogP contribution is -2.34. The lowest BCUT2D eigenvalue weighted by Gasteiger charge is -2.30. The second kappa shape index (κ2) is 11.1. The zero-order valence-corrected chi connectivity index (χ0v) is 19.5. The largest absolute Gasteiger partial charge is 0.372 e. The van der Waals surface area contributed by atoms with Crippen LogP contribution in [0.5, 0.6) is 0 Å². The van der Waals surface area contributed by atoms with Crippen molar-refractivity contribution in [2.24, 2.45) is 5.10 Å². The van der Waals surface area contributed by atoms with Gasteiger partial charge in [-0.15, -0.1) is 0 Å². The van der Waals surface area contributed by atoms with Gasteiger partial charge in [-0.05, 0) is 70.1 Å². The number of aromatic nitrogens is 3. The minimum absolute atomic E-state index is 0.511. The van der Waals surface area contributed by atoms with E-state index in [1.54, 1.807) is 0 Å². The maximum Gasteiger partial charge on any atom is 0.250 e. The maximum atomic E-state index is 4.82. The molecule has 8 heteroatoms. The Balaban J connectivity index is 1.49. The standard InChI is InChI=1S/C24H36N8/c1-3-30(4-2)21-13-11-20(12-14-21)19-25-29-22-26-23(31-15-7-5-8-16-31)28-24(27-22)32-17-9-6-10-18-32/h11-14,19H,3-10,15-18H2,1-2H3,(H,26,27,28,29)/b25-19-. The van der Waals surface area contributed by atoms with Crippen LogP contribution in [0.1, 0.15) is 57.9 Å². The number of hydrogen-bond donors (Lipinski definition) is 1. The summed E-state index contributed by atoms with van der Waals surface area (Å²) >= 11 is 0. The molecule has 1 aromatic heterocycles. The minimum Gasteiger partial charge on any atom is -0.372 e. The third kappa shape index (κ3) is 5.66. The van der Waals surface area contributed by atoms with Crippen LogP contribution in [-0.2, 0) is 0 Å². The SMILES string of the molecule is CCN(CC)c1ccc(/C=N\Nc2nc(N3CCCCC3)nc(N3CCCCC3)n2)cc1. The number of benzene rings is 1. The molecule has 2 saturated heterocycles. The van der Waals surface area contributed by atoms with Gasteiger partial charge in [0.2, 0.25) is 17.8 Å². The lowest BCUT2D eigenvalue weighted by atomic mass is 10.1. The van der Waals surface area contributed by atoms with E-state index in [-0.39, 0.29) is 0 Å². The van der Waals surface area contributed by atoms with Gasteiger partial charge in [-0.3, -0.25) is 0 Å². The summed E-state index contributed by atoms with van der Waals surface area (Å²) in [6.45, 7) is 10.4. The van der Waals surface area contributed by atoms with Gasteiger partial charge in [0.05, 0.1) is 6.21 Å². The van der Waals surface area contributed by atoms with Gasteiger partial charge in [0, 0.05) is 45.0 Å². The van der Waals surface area contributed by atoms with Gasteiger partial charge in [-0.25, -0.2) is 5.43 Å². The topological polar surface area (TPSA) is 72.8 Å². The number of hydrazone groups is 1. The summed E-state index contributed by atoms with van der Waals surface area (Å²) in [5.41, 5.74) is 5.32. The molecule has 32 heavy (non-hydrogen) atoms. The van der Waals surface area contributed by atoms with Crippen LogP contribution in [0.2, 0.25) is 0 Å². The molecule has 2 aliphatic rings. The van der Waals surface area contributed by atoms with Gasteiger partial charge in [-0.1, -0.05) is 12.1 Å². The fourth-order valence-corrected chi connectivity index (χ4v) is 4.40. The number of hydrogen-bond acceptors (Lipinski definition) is 8. The van der Waals surface area contributed by atoms with E-state index in [4.69, 9.17) is 4.98 Å². The summed E-state index contributed by atoms with van der Waals surface area (Å²) in [7, 11) is 0. The van der Waals surface area contributed by atoms with Crippen LogP contribution in [0, 0.1) is 0 Å². The highest BCUT2D eigenvalue weighted by Gasteiger charge is 2.20. The zero-order valence-electron chi connectivity index (χ0n) is 19.5. The third-order valence-electron chi connectivity index (χ3n) is 6.29. The van der Waals surface area contributed by atoms with Crippen LogP contribution in [-0.4, -0.2) is 60.4 Å². The average Bonchev–Trinajstić information content (AvgIpc) is 2.86. The summed E-state index contributed by atoms with van der Waals surface area (Å²) in [6.07, 6.45) is 9.14. The highest BCUT2D eigenvalue weighted by atomic mass is 15.4. The Morgan fingerprint density at radius 2 is 1.34 bits per heavy atom. The number of piperidine rings is 2. The number of rotatable bonds is 8. The van der Waals surface area contributed by atoms with Crippen molar-refractivity contribution in [3.05, 3.63) is 29.8 Å². The van der Waals surface area contributed by atoms with Crippen molar-refractivity contribution in [1.29, 1.82) is 0 Å².